The van der Waals surface area contributed by atoms with Crippen molar-refractivity contribution in [2.45, 2.75) is 13.3 Å². The summed E-state index contributed by atoms with van der Waals surface area (Å²) >= 11 is 0. The highest BCUT2D eigenvalue weighted by Crippen LogP contribution is 2.31. The van der Waals surface area contributed by atoms with Gasteiger partial charge in [-0.15, -0.1) is 0 Å². The van der Waals surface area contributed by atoms with Gasteiger partial charge in [0, 0.05) is 5.69 Å². The number of nitrogen functional groups attached to an aromatic ring is 2. The van der Waals surface area contributed by atoms with E-state index < -0.39 is 0 Å². The maximum absolute atomic E-state index is 5.68. The SMILES string of the molecule is C=Nc1c(N)[nH]c(CC)c1N. The van der Waals surface area contributed by atoms with E-state index in [-0.39, 0.29) is 0 Å². The molecule has 1 heterocycles. The zero-order chi connectivity index (χ0) is 8.43. The number of nitrogens with one attached hydrogen (secondary N) is 1. The Morgan fingerprint density at radius 3 is 2.45 bits per heavy atom. The number of aromatic amines is 1. The molecule has 0 radical (unpaired) electrons. The molecule has 4 heteroatoms. The molecule has 0 aliphatic rings. The minimum Gasteiger partial charge on any atom is -0.395 e. The quantitative estimate of drug-likeness (QED) is 0.554. The molecule has 0 bridgehead atoms. The monoisotopic (exact) mass is 152 g/mol. The van der Waals surface area contributed by atoms with Crippen LogP contribution in [0.4, 0.5) is 17.2 Å². The molecule has 5 N–H and O–H groups in total. The molecule has 0 aliphatic carbocycles. The lowest BCUT2D eigenvalue weighted by Crippen LogP contribution is -1.88. The van der Waals surface area contributed by atoms with E-state index >= 15 is 0 Å². The fourth-order valence-electron chi connectivity index (χ4n) is 1.03. The third-order valence-electron chi connectivity index (χ3n) is 1.63. The van der Waals surface area contributed by atoms with Crippen LogP contribution in [-0.2, 0) is 6.42 Å². The number of aromatic nitrogens is 1. The molecule has 4 nitrogen and oxygen atoms in total. The summed E-state index contributed by atoms with van der Waals surface area (Å²) < 4.78 is 0. The molecule has 0 spiro atoms. The highest BCUT2D eigenvalue weighted by Gasteiger charge is 2.08. The van der Waals surface area contributed by atoms with Crippen LogP contribution in [0.2, 0.25) is 0 Å². The summed E-state index contributed by atoms with van der Waals surface area (Å²) in [4.78, 5) is 6.64. The first kappa shape index (κ1) is 7.65. The van der Waals surface area contributed by atoms with Crippen LogP contribution in [0.3, 0.4) is 0 Å². The van der Waals surface area contributed by atoms with E-state index in [9.17, 15) is 0 Å². The van der Waals surface area contributed by atoms with Crippen molar-refractivity contribution in [3.8, 4) is 0 Å². The third-order valence-corrected chi connectivity index (χ3v) is 1.63. The van der Waals surface area contributed by atoms with Crippen LogP contribution in [0.1, 0.15) is 12.6 Å². The van der Waals surface area contributed by atoms with Crippen molar-refractivity contribution in [2.75, 3.05) is 11.5 Å². The zero-order valence-corrected chi connectivity index (χ0v) is 6.52. The van der Waals surface area contributed by atoms with Crippen molar-refractivity contribution >= 4 is 23.9 Å². The molecule has 1 rings (SSSR count). The lowest BCUT2D eigenvalue weighted by atomic mass is 10.3. The predicted molar refractivity (Wildman–Crippen MR) is 48.2 cm³/mol. The summed E-state index contributed by atoms with van der Waals surface area (Å²) in [7, 11) is 0. The molecule has 0 saturated carbocycles. The highest BCUT2D eigenvalue weighted by atomic mass is 15.0. The molecule has 1 aromatic rings. The molecular formula is C7H12N4. The number of aliphatic imine (C=N–C) groups is 1. The van der Waals surface area contributed by atoms with Crippen LogP contribution in [-0.4, -0.2) is 11.7 Å². The van der Waals surface area contributed by atoms with Crippen molar-refractivity contribution in [2.24, 2.45) is 4.99 Å². The van der Waals surface area contributed by atoms with Gasteiger partial charge in [-0.2, -0.15) is 0 Å². The fraction of sp³-hybridized carbons (Fsp3) is 0.286. The molecule has 0 aromatic carbocycles. The van der Waals surface area contributed by atoms with Gasteiger partial charge in [0.2, 0.25) is 0 Å². The van der Waals surface area contributed by atoms with E-state index in [2.05, 4.69) is 16.7 Å². The second-order valence-corrected chi connectivity index (χ2v) is 2.29. The van der Waals surface area contributed by atoms with Crippen molar-refractivity contribution in [3.63, 3.8) is 0 Å². The van der Waals surface area contributed by atoms with Gasteiger partial charge in [0.25, 0.3) is 0 Å². The van der Waals surface area contributed by atoms with Crippen molar-refractivity contribution < 1.29 is 0 Å². The van der Waals surface area contributed by atoms with E-state index in [0.29, 0.717) is 17.2 Å². The Morgan fingerprint density at radius 2 is 2.18 bits per heavy atom. The van der Waals surface area contributed by atoms with Gasteiger partial charge in [-0.25, -0.2) is 0 Å². The topological polar surface area (TPSA) is 80.2 Å². The summed E-state index contributed by atoms with van der Waals surface area (Å²) in [6, 6.07) is 0. The Bertz CT molecular complexity index is 274. The molecule has 0 saturated heterocycles. The lowest BCUT2D eigenvalue weighted by Gasteiger charge is -1.92. The van der Waals surface area contributed by atoms with Gasteiger partial charge in [0.05, 0.1) is 5.69 Å². The number of nitrogens with zero attached hydrogens (tertiary/aromatic N) is 1. The lowest BCUT2D eigenvalue weighted by molar-refractivity contribution is 1.07. The molecule has 0 amide bonds. The Labute approximate surface area is 65.3 Å². The normalized spacial score (nSPS) is 9.91. The van der Waals surface area contributed by atoms with Gasteiger partial charge in [0.1, 0.15) is 11.5 Å². The Morgan fingerprint density at radius 1 is 1.55 bits per heavy atom. The summed E-state index contributed by atoms with van der Waals surface area (Å²) in [6.07, 6.45) is 0.825. The maximum atomic E-state index is 5.68. The highest BCUT2D eigenvalue weighted by molar-refractivity contribution is 5.79. The number of H-pyrrole nitrogens is 1. The van der Waals surface area contributed by atoms with Crippen LogP contribution in [0, 0.1) is 0 Å². The van der Waals surface area contributed by atoms with E-state index in [1.165, 1.54) is 0 Å². The Hall–Kier alpha value is -1.45. The molecule has 0 unspecified atom stereocenters. The van der Waals surface area contributed by atoms with Crippen LogP contribution in [0.25, 0.3) is 0 Å². The fourth-order valence-corrected chi connectivity index (χ4v) is 1.03. The van der Waals surface area contributed by atoms with Crippen LogP contribution < -0.4 is 11.5 Å². The van der Waals surface area contributed by atoms with Crippen LogP contribution >= 0.6 is 0 Å². The summed E-state index contributed by atoms with van der Waals surface area (Å²) in [5.74, 6) is 0.495. The van der Waals surface area contributed by atoms with Gasteiger partial charge in [0.15, 0.2) is 0 Å². The average Bonchev–Trinajstić information content (AvgIpc) is 2.26. The smallest absolute Gasteiger partial charge is 0.129 e. The second-order valence-electron chi connectivity index (χ2n) is 2.29. The standard InChI is InChI=1S/C7H12N4/c1-3-4-5(8)6(10-2)7(9)11-4/h11H,2-3,8-9H2,1H3. The summed E-state index contributed by atoms with van der Waals surface area (Å²) in [5.41, 5.74) is 13.3. The van der Waals surface area contributed by atoms with E-state index in [1.807, 2.05) is 6.92 Å². The predicted octanol–water partition coefficient (Wildman–Crippen LogP) is 1.07. The molecule has 60 valence electrons. The van der Waals surface area contributed by atoms with Crippen molar-refractivity contribution in [1.82, 2.24) is 4.98 Å². The van der Waals surface area contributed by atoms with Gasteiger partial charge in [-0.05, 0) is 13.1 Å². The molecule has 0 aliphatic heterocycles. The van der Waals surface area contributed by atoms with Crippen molar-refractivity contribution in [1.29, 1.82) is 0 Å². The molecule has 0 fully saturated rings. The zero-order valence-electron chi connectivity index (χ0n) is 6.52. The third kappa shape index (κ3) is 1.07. The van der Waals surface area contributed by atoms with Gasteiger partial charge < -0.3 is 16.5 Å². The first-order valence-corrected chi connectivity index (χ1v) is 3.43. The minimum absolute atomic E-state index is 0.495. The number of nitrogens with two attached hydrogens (primary N) is 2. The number of anilines is 2. The van der Waals surface area contributed by atoms with Crippen LogP contribution in [0.15, 0.2) is 4.99 Å². The van der Waals surface area contributed by atoms with Gasteiger partial charge >= 0.3 is 0 Å². The van der Waals surface area contributed by atoms with Gasteiger partial charge in [-0.1, -0.05) is 6.92 Å². The summed E-state index contributed by atoms with van der Waals surface area (Å²) in [5, 5.41) is 0. The second kappa shape index (κ2) is 2.65. The molecule has 11 heavy (non-hydrogen) atoms. The number of hydrogen-bond donors (Lipinski definition) is 3. The van der Waals surface area contributed by atoms with Crippen molar-refractivity contribution in [3.05, 3.63) is 5.69 Å². The first-order valence-electron chi connectivity index (χ1n) is 3.43. The van der Waals surface area contributed by atoms with E-state index in [1.54, 1.807) is 0 Å². The minimum atomic E-state index is 0.495. The molecular weight excluding hydrogens is 140 g/mol. The maximum Gasteiger partial charge on any atom is 0.129 e. The van der Waals surface area contributed by atoms with E-state index in [4.69, 9.17) is 11.5 Å². The Balaban J connectivity index is 3.24. The average molecular weight is 152 g/mol. The number of rotatable bonds is 2. The summed E-state index contributed by atoms with van der Waals surface area (Å²) in [6.45, 7) is 5.36. The largest absolute Gasteiger partial charge is 0.395 e. The van der Waals surface area contributed by atoms with E-state index in [0.717, 1.165) is 12.1 Å². The van der Waals surface area contributed by atoms with Gasteiger partial charge in [-0.3, -0.25) is 4.99 Å². The Kier molecular flexibility index (Phi) is 1.85. The molecule has 1 aromatic heterocycles. The first-order chi connectivity index (χ1) is 5.20. The number of hydrogen-bond acceptors (Lipinski definition) is 3. The number of aryl methyl sites for hydroxylation is 1. The molecule has 0 atom stereocenters. The van der Waals surface area contributed by atoms with Crippen LogP contribution in [0.5, 0.6) is 0 Å².